The van der Waals surface area contributed by atoms with E-state index in [2.05, 4.69) is 42.8 Å². The summed E-state index contributed by atoms with van der Waals surface area (Å²) in [5.74, 6) is 1.08. The highest BCUT2D eigenvalue weighted by atomic mass is 32.1. The number of thiophene rings is 1. The summed E-state index contributed by atoms with van der Waals surface area (Å²) in [4.78, 5) is 6.51. The predicted molar refractivity (Wildman–Crippen MR) is 138 cm³/mol. The molecule has 33 heavy (non-hydrogen) atoms. The number of fused-ring (bicyclic) bond motifs is 1. The van der Waals surface area contributed by atoms with Gasteiger partial charge in [0.05, 0.1) is 18.2 Å². The monoisotopic (exact) mass is 470 g/mol. The van der Waals surface area contributed by atoms with Crippen LogP contribution in [0.5, 0.6) is 0 Å². The molecule has 5 rings (SSSR count). The zero-order chi connectivity index (χ0) is 22.7. The fraction of sp³-hybridized carbons (Fsp3) is 0.750. The number of rotatable bonds is 8. The first-order valence-electron chi connectivity index (χ1n) is 13.4. The summed E-state index contributed by atoms with van der Waals surface area (Å²) in [5.41, 5.74) is 1.88. The van der Waals surface area contributed by atoms with Crippen LogP contribution in [0.15, 0.2) is 28.6 Å². The van der Waals surface area contributed by atoms with Crippen LogP contribution in [0.1, 0.15) is 94.1 Å². The van der Waals surface area contributed by atoms with E-state index in [1.165, 1.54) is 56.2 Å². The molecule has 0 amide bonds. The molecule has 1 aromatic heterocycles. The van der Waals surface area contributed by atoms with Crippen LogP contribution in [0.4, 0.5) is 0 Å². The van der Waals surface area contributed by atoms with E-state index in [0.29, 0.717) is 17.9 Å². The Labute approximate surface area is 204 Å². The van der Waals surface area contributed by atoms with Crippen LogP contribution in [0.3, 0.4) is 0 Å². The molecular weight excluding hydrogens is 428 g/mol. The lowest BCUT2D eigenvalue weighted by atomic mass is 9.63. The van der Waals surface area contributed by atoms with Crippen LogP contribution in [0.2, 0.25) is 0 Å². The molecule has 0 radical (unpaired) electrons. The van der Waals surface area contributed by atoms with E-state index in [1.54, 1.807) is 5.56 Å². The summed E-state index contributed by atoms with van der Waals surface area (Å²) < 4.78 is 12.8. The zero-order valence-electron chi connectivity index (χ0n) is 20.6. The molecule has 1 saturated carbocycles. The van der Waals surface area contributed by atoms with Crippen molar-refractivity contribution < 1.29 is 9.47 Å². The fourth-order valence-corrected chi connectivity index (χ4v) is 8.20. The van der Waals surface area contributed by atoms with Crippen molar-refractivity contribution in [3.05, 3.63) is 34.0 Å². The maximum absolute atomic E-state index is 6.46. The number of nitrogens with one attached hydrogen (secondary N) is 1. The van der Waals surface area contributed by atoms with E-state index in [9.17, 15) is 0 Å². The van der Waals surface area contributed by atoms with Crippen LogP contribution < -0.4 is 5.32 Å². The molecule has 4 aliphatic rings. The minimum absolute atomic E-state index is 0.112. The van der Waals surface area contributed by atoms with E-state index >= 15 is 0 Å². The maximum atomic E-state index is 6.46. The largest absolute Gasteiger partial charge is 0.375 e. The quantitative estimate of drug-likeness (QED) is 0.445. The Balaban J connectivity index is 1.24. The summed E-state index contributed by atoms with van der Waals surface area (Å²) in [5, 5.41) is 6.06. The third-order valence-electron chi connectivity index (χ3n) is 8.79. The average Bonchev–Trinajstić information content (AvgIpc) is 3.49. The van der Waals surface area contributed by atoms with Crippen LogP contribution in [0.25, 0.3) is 0 Å². The van der Waals surface area contributed by atoms with Crippen LogP contribution in [0, 0.1) is 11.3 Å². The molecule has 4 nitrogen and oxygen atoms in total. The minimum atomic E-state index is 0.112. The number of hydrogen-bond acceptors (Lipinski definition) is 5. The number of aliphatic imine (C=N–C) groups is 1. The molecule has 1 aromatic rings. The van der Waals surface area contributed by atoms with Gasteiger partial charge in [0.2, 0.25) is 0 Å². The van der Waals surface area contributed by atoms with Gasteiger partial charge in [0, 0.05) is 30.2 Å². The lowest BCUT2D eigenvalue weighted by Gasteiger charge is -2.51. The molecule has 1 saturated heterocycles. The molecule has 0 bridgehead atoms. The number of hydrogen-bond donors (Lipinski definition) is 1. The van der Waals surface area contributed by atoms with E-state index < -0.39 is 0 Å². The van der Waals surface area contributed by atoms with Crippen molar-refractivity contribution in [2.45, 2.75) is 95.3 Å². The molecule has 1 aliphatic carbocycles. The standard InChI is InChI=1S/C28H42N2O2S/c1-3-7-22-19-31-24(25-23(22)9-17-33-25)18-29-15-12-27(26-21(2)8-6-14-30-26)13-16-32-28(20-27)10-4-5-11-28/h6,8-9,14,17,21-22,24,26,29H,3-5,7,10-13,15-16,18-20H2,1-2H3/t21?,22?,24?,26?,27-/m1/s1. The first kappa shape index (κ1) is 23.7. The second-order valence-electron chi connectivity index (χ2n) is 11.0. The van der Waals surface area contributed by atoms with Gasteiger partial charge < -0.3 is 14.8 Å². The van der Waals surface area contributed by atoms with E-state index in [1.807, 2.05) is 17.6 Å². The van der Waals surface area contributed by atoms with Gasteiger partial charge in [0.25, 0.3) is 0 Å². The summed E-state index contributed by atoms with van der Waals surface area (Å²) >= 11 is 1.88. The third-order valence-corrected chi connectivity index (χ3v) is 9.82. The SMILES string of the molecule is CCCC1COC(CNCC[C@@]2(C3N=CC=CC3C)CCOC3(CCCC3)C2)c2sccc21. The molecule has 5 atom stereocenters. The highest BCUT2D eigenvalue weighted by molar-refractivity contribution is 7.10. The Kier molecular flexibility index (Phi) is 7.41. The Morgan fingerprint density at radius 3 is 2.94 bits per heavy atom. The molecule has 1 spiro atoms. The molecular formula is C28H42N2O2S. The van der Waals surface area contributed by atoms with Crippen LogP contribution in [-0.4, -0.2) is 44.2 Å². The lowest BCUT2D eigenvalue weighted by molar-refractivity contribution is -0.133. The normalized spacial score (nSPS) is 35.2. The number of nitrogens with zero attached hydrogens (tertiary/aromatic N) is 1. The van der Waals surface area contributed by atoms with Crippen molar-refractivity contribution >= 4 is 17.6 Å². The highest BCUT2D eigenvalue weighted by Crippen LogP contribution is 2.52. The topological polar surface area (TPSA) is 42.8 Å². The second kappa shape index (κ2) is 10.3. The second-order valence-corrected chi connectivity index (χ2v) is 12.0. The van der Waals surface area contributed by atoms with Crippen molar-refractivity contribution in [3.63, 3.8) is 0 Å². The van der Waals surface area contributed by atoms with Crippen molar-refractivity contribution in [3.8, 4) is 0 Å². The molecule has 5 heteroatoms. The Bertz CT molecular complexity index is 843. The fourth-order valence-electron chi connectivity index (χ4n) is 7.17. The van der Waals surface area contributed by atoms with E-state index in [-0.39, 0.29) is 17.1 Å². The molecule has 0 aromatic carbocycles. The summed E-state index contributed by atoms with van der Waals surface area (Å²) in [6.45, 7) is 8.32. The molecule has 1 N–H and O–H groups in total. The van der Waals surface area contributed by atoms with E-state index in [0.717, 1.165) is 32.7 Å². The average molecular weight is 471 g/mol. The Morgan fingerprint density at radius 2 is 2.12 bits per heavy atom. The van der Waals surface area contributed by atoms with E-state index in [4.69, 9.17) is 14.5 Å². The zero-order valence-corrected chi connectivity index (χ0v) is 21.4. The van der Waals surface area contributed by atoms with Gasteiger partial charge >= 0.3 is 0 Å². The number of dihydropyridines is 1. The summed E-state index contributed by atoms with van der Waals surface area (Å²) in [7, 11) is 0. The number of ether oxygens (including phenoxy) is 2. The predicted octanol–water partition coefficient (Wildman–Crippen LogP) is 6.44. The van der Waals surface area contributed by atoms with Gasteiger partial charge in [-0.25, -0.2) is 0 Å². The van der Waals surface area contributed by atoms with Gasteiger partial charge in [-0.3, -0.25) is 4.99 Å². The van der Waals surface area contributed by atoms with Gasteiger partial charge in [0.1, 0.15) is 6.10 Å². The first-order valence-corrected chi connectivity index (χ1v) is 14.3. The molecule has 3 aliphatic heterocycles. The van der Waals surface area contributed by atoms with Crippen molar-refractivity contribution in [1.82, 2.24) is 5.32 Å². The van der Waals surface area contributed by atoms with Crippen molar-refractivity contribution in [2.24, 2.45) is 16.3 Å². The van der Waals surface area contributed by atoms with Crippen LogP contribution in [-0.2, 0) is 9.47 Å². The van der Waals surface area contributed by atoms with Gasteiger partial charge in [-0.2, -0.15) is 0 Å². The number of allylic oxidation sites excluding steroid dienone is 1. The molecule has 182 valence electrons. The third kappa shape index (κ3) is 4.89. The minimum Gasteiger partial charge on any atom is -0.375 e. The molecule has 2 fully saturated rings. The smallest absolute Gasteiger partial charge is 0.104 e. The Morgan fingerprint density at radius 1 is 1.24 bits per heavy atom. The molecule has 4 unspecified atom stereocenters. The molecule has 4 heterocycles. The summed E-state index contributed by atoms with van der Waals surface area (Å²) in [6, 6.07) is 2.71. The highest BCUT2D eigenvalue weighted by Gasteiger charge is 2.51. The van der Waals surface area contributed by atoms with Crippen LogP contribution >= 0.6 is 11.3 Å². The first-order chi connectivity index (χ1) is 16.1. The lowest BCUT2D eigenvalue weighted by Crippen LogP contribution is -2.51. The van der Waals surface area contributed by atoms with Gasteiger partial charge in [-0.15, -0.1) is 11.3 Å². The Hall–Kier alpha value is -1.01. The van der Waals surface area contributed by atoms with Crippen molar-refractivity contribution in [1.29, 1.82) is 0 Å². The maximum Gasteiger partial charge on any atom is 0.104 e. The van der Waals surface area contributed by atoms with Gasteiger partial charge in [-0.1, -0.05) is 39.2 Å². The van der Waals surface area contributed by atoms with Crippen molar-refractivity contribution in [2.75, 3.05) is 26.3 Å². The van der Waals surface area contributed by atoms with Gasteiger partial charge in [0.15, 0.2) is 0 Å². The summed E-state index contributed by atoms with van der Waals surface area (Å²) in [6.07, 6.45) is 17.7. The van der Waals surface area contributed by atoms with Gasteiger partial charge in [-0.05, 0) is 79.5 Å².